The van der Waals surface area contributed by atoms with Crippen molar-refractivity contribution in [3.63, 3.8) is 0 Å². The molecule has 0 radical (unpaired) electrons. The first-order valence-electron chi connectivity index (χ1n) is 10.0. The van der Waals surface area contributed by atoms with Crippen molar-refractivity contribution in [1.82, 2.24) is 15.1 Å². The number of hydrogen-bond donors (Lipinski definition) is 1. The van der Waals surface area contributed by atoms with E-state index in [1.807, 2.05) is 0 Å². The number of benzene rings is 1. The zero-order chi connectivity index (χ0) is 18.2. The Morgan fingerprint density at radius 2 is 1.76 bits per heavy atom. The van der Waals surface area contributed by atoms with Gasteiger partial charge in [-0.15, -0.1) is 0 Å². The molecule has 1 N–H and O–H groups in total. The second-order valence-corrected chi connectivity index (χ2v) is 7.65. The van der Waals surface area contributed by atoms with E-state index >= 15 is 0 Å². The first-order chi connectivity index (χ1) is 12.0. The summed E-state index contributed by atoms with van der Waals surface area (Å²) in [6, 6.07) is 10.3. The van der Waals surface area contributed by atoms with Gasteiger partial charge in [-0.1, -0.05) is 26.0 Å². The van der Waals surface area contributed by atoms with Crippen LogP contribution in [0.15, 0.2) is 24.3 Å². The zero-order valence-electron chi connectivity index (χ0n) is 17.0. The van der Waals surface area contributed by atoms with E-state index in [1.54, 1.807) is 0 Å². The van der Waals surface area contributed by atoms with Crippen LogP contribution in [0.25, 0.3) is 0 Å². The van der Waals surface area contributed by atoms with Crippen molar-refractivity contribution in [3.05, 3.63) is 29.8 Å². The Bertz CT molecular complexity index is 479. The summed E-state index contributed by atoms with van der Waals surface area (Å²) >= 11 is 0. The zero-order valence-corrected chi connectivity index (χ0v) is 17.0. The minimum atomic E-state index is 0.485. The van der Waals surface area contributed by atoms with Crippen LogP contribution in [0.5, 0.6) is 0 Å². The number of piperazine rings is 1. The van der Waals surface area contributed by atoms with Crippen LogP contribution in [0.4, 0.5) is 5.69 Å². The maximum absolute atomic E-state index is 3.58. The van der Waals surface area contributed by atoms with E-state index in [4.69, 9.17) is 0 Å². The Hall–Kier alpha value is -1.10. The Labute approximate surface area is 155 Å². The molecule has 1 saturated heterocycles. The molecule has 1 aromatic carbocycles. The Morgan fingerprint density at radius 1 is 1.12 bits per heavy atom. The molecule has 2 rings (SSSR count). The van der Waals surface area contributed by atoms with E-state index in [-0.39, 0.29) is 0 Å². The molecule has 4 nitrogen and oxygen atoms in total. The van der Waals surface area contributed by atoms with Crippen LogP contribution in [0, 0.1) is 0 Å². The van der Waals surface area contributed by atoms with Gasteiger partial charge in [0.05, 0.1) is 0 Å². The average molecular weight is 347 g/mol. The van der Waals surface area contributed by atoms with Gasteiger partial charge < -0.3 is 15.1 Å². The van der Waals surface area contributed by atoms with Crippen LogP contribution in [-0.4, -0.2) is 69.2 Å². The van der Waals surface area contributed by atoms with Gasteiger partial charge in [0.1, 0.15) is 0 Å². The second-order valence-electron chi connectivity index (χ2n) is 7.65. The van der Waals surface area contributed by atoms with Crippen LogP contribution >= 0.6 is 0 Å². The molecule has 142 valence electrons. The number of nitrogens with one attached hydrogen (secondary N) is 1. The van der Waals surface area contributed by atoms with Gasteiger partial charge in [-0.05, 0) is 50.6 Å². The fourth-order valence-corrected chi connectivity index (χ4v) is 3.84. The van der Waals surface area contributed by atoms with Crippen LogP contribution < -0.4 is 10.2 Å². The predicted molar refractivity (Wildman–Crippen MR) is 110 cm³/mol. The molecule has 1 aromatic rings. The Morgan fingerprint density at radius 3 is 2.28 bits per heavy atom. The number of rotatable bonds is 9. The van der Waals surface area contributed by atoms with Gasteiger partial charge in [-0.3, -0.25) is 4.90 Å². The highest BCUT2D eigenvalue weighted by Gasteiger charge is 2.26. The molecule has 0 bridgehead atoms. The molecule has 0 aliphatic carbocycles. The maximum Gasteiger partial charge on any atom is 0.0476 e. The molecule has 1 heterocycles. The third-order valence-corrected chi connectivity index (χ3v) is 5.15. The average Bonchev–Trinajstić information content (AvgIpc) is 2.60. The summed E-state index contributed by atoms with van der Waals surface area (Å²) in [4.78, 5) is 7.51. The molecule has 0 saturated carbocycles. The molecule has 4 heteroatoms. The molecule has 1 aliphatic rings. The molecule has 1 aliphatic heterocycles. The van der Waals surface area contributed by atoms with Gasteiger partial charge in [-0.2, -0.15) is 0 Å². The lowest BCUT2D eigenvalue weighted by atomic mass is 10.0. The van der Waals surface area contributed by atoms with Crippen molar-refractivity contribution in [2.24, 2.45) is 0 Å². The van der Waals surface area contributed by atoms with Gasteiger partial charge in [0, 0.05) is 58.0 Å². The van der Waals surface area contributed by atoms with E-state index in [2.05, 4.69) is 79.1 Å². The normalized spacial score (nSPS) is 20.0. The molecule has 2 unspecified atom stereocenters. The predicted octanol–water partition coefficient (Wildman–Crippen LogP) is 3.21. The minimum absolute atomic E-state index is 0.485. The summed E-state index contributed by atoms with van der Waals surface area (Å²) < 4.78 is 0. The highest BCUT2D eigenvalue weighted by atomic mass is 15.3. The van der Waals surface area contributed by atoms with Gasteiger partial charge >= 0.3 is 0 Å². The maximum atomic E-state index is 3.58. The SMILES string of the molecule is CCCN(CCC)CC(c1ccc(N(C)C)cc1)N1CCNC(C)C1. The molecule has 0 amide bonds. The van der Waals surface area contributed by atoms with Crippen molar-refractivity contribution < 1.29 is 0 Å². The summed E-state index contributed by atoms with van der Waals surface area (Å²) in [5, 5.41) is 3.58. The standard InChI is InChI=1S/C21H38N4/c1-6-13-24(14-7-2)17-21(25-15-12-22-18(3)16-25)19-8-10-20(11-9-19)23(4)5/h8-11,18,21-22H,6-7,12-17H2,1-5H3. The molecule has 2 atom stereocenters. The minimum Gasteiger partial charge on any atom is -0.378 e. The first-order valence-corrected chi connectivity index (χ1v) is 10.0. The fourth-order valence-electron chi connectivity index (χ4n) is 3.84. The summed E-state index contributed by atoms with van der Waals surface area (Å²) in [6.07, 6.45) is 2.45. The van der Waals surface area contributed by atoms with E-state index in [1.165, 1.54) is 37.2 Å². The van der Waals surface area contributed by atoms with Crippen molar-refractivity contribution in [3.8, 4) is 0 Å². The third-order valence-electron chi connectivity index (χ3n) is 5.15. The van der Waals surface area contributed by atoms with E-state index in [0.29, 0.717) is 12.1 Å². The first kappa shape index (κ1) is 20.2. The lowest BCUT2D eigenvalue weighted by Crippen LogP contribution is -2.52. The summed E-state index contributed by atoms with van der Waals surface area (Å²) in [7, 11) is 4.21. The molecule has 0 spiro atoms. The molecular weight excluding hydrogens is 308 g/mol. The van der Waals surface area contributed by atoms with Crippen LogP contribution in [0.2, 0.25) is 0 Å². The highest BCUT2D eigenvalue weighted by Crippen LogP contribution is 2.25. The van der Waals surface area contributed by atoms with E-state index in [0.717, 1.165) is 26.2 Å². The smallest absolute Gasteiger partial charge is 0.0476 e. The molecule has 1 fully saturated rings. The Balaban J connectivity index is 2.20. The van der Waals surface area contributed by atoms with Crippen LogP contribution in [0.3, 0.4) is 0 Å². The van der Waals surface area contributed by atoms with Crippen molar-refractivity contribution in [2.75, 3.05) is 58.3 Å². The molecule has 0 aromatic heterocycles. The van der Waals surface area contributed by atoms with Crippen LogP contribution in [-0.2, 0) is 0 Å². The number of hydrogen-bond acceptors (Lipinski definition) is 4. The highest BCUT2D eigenvalue weighted by molar-refractivity contribution is 5.46. The molecular formula is C21H38N4. The largest absolute Gasteiger partial charge is 0.378 e. The van der Waals surface area contributed by atoms with Crippen molar-refractivity contribution >= 4 is 5.69 Å². The summed E-state index contributed by atoms with van der Waals surface area (Å²) in [6.45, 7) is 13.8. The lowest BCUT2D eigenvalue weighted by Gasteiger charge is -2.40. The van der Waals surface area contributed by atoms with E-state index in [9.17, 15) is 0 Å². The fraction of sp³-hybridized carbons (Fsp3) is 0.714. The monoisotopic (exact) mass is 346 g/mol. The number of nitrogens with zero attached hydrogens (tertiary/aromatic N) is 3. The third kappa shape index (κ3) is 5.98. The van der Waals surface area contributed by atoms with Gasteiger partial charge in [0.25, 0.3) is 0 Å². The van der Waals surface area contributed by atoms with Gasteiger partial charge in [0.2, 0.25) is 0 Å². The van der Waals surface area contributed by atoms with Crippen molar-refractivity contribution in [1.29, 1.82) is 0 Å². The van der Waals surface area contributed by atoms with Gasteiger partial charge in [0.15, 0.2) is 0 Å². The topological polar surface area (TPSA) is 21.8 Å². The lowest BCUT2D eigenvalue weighted by molar-refractivity contribution is 0.109. The summed E-state index contributed by atoms with van der Waals surface area (Å²) in [5.41, 5.74) is 2.73. The second kappa shape index (κ2) is 10.1. The van der Waals surface area contributed by atoms with Crippen molar-refractivity contribution in [2.45, 2.75) is 45.7 Å². The number of anilines is 1. The van der Waals surface area contributed by atoms with E-state index < -0.39 is 0 Å². The van der Waals surface area contributed by atoms with Crippen LogP contribution in [0.1, 0.15) is 45.2 Å². The summed E-state index contributed by atoms with van der Waals surface area (Å²) in [5.74, 6) is 0. The van der Waals surface area contributed by atoms with Gasteiger partial charge in [-0.25, -0.2) is 0 Å². The quantitative estimate of drug-likeness (QED) is 0.741. The molecule has 25 heavy (non-hydrogen) atoms. The Kier molecular flexibility index (Phi) is 8.20.